The Morgan fingerprint density at radius 1 is 1.10 bits per heavy atom. The van der Waals surface area contributed by atoms with Gasteiger partial charge in [0, 0.05) is 32.2 Å². The highest BCUT2D eigenvalue weighted by Gasteiger charge is 2.21. The molecule has 2 rings (SSSR count). The Hall–Kier alpha value is -1.95. The van der Waals surface area contributed by atoms with Crippen LogP contribution in [0.15, 0.2) is 23.5 Å². The van der Waals surface area contributed by atoms with Crippen molar-refractivity contribution < 1.29 is 14.4 Å². The van der Waals surface area contributed by atoms with Crippen molar-refractivity contribution in [3.8, 4) is 0 Å². The fourth-order valence-corrected chi connectivity index (χ4v) is 2.52. The number of piperidine rings is 1. The third-order valence-corrected chi connectivity index (χ3v) is 3.58. The second-order valence-corrected chi connectivity index (χ2v) is 5.35. The zero-order chi connectivity index (χ0) is 15.2. The molecule has 0 unspecified atom stereocenters. The van der Waals surface area contributed by atoms with E-state index in [1.54, 1.807) is 0 Å². The normalized spacial score (nSPS) is 19.9. The van der Waals surface area contributed by atoms with E-state index in [-0.39, 0.29) is 23.2 Å². The maximum atomic E-state index is 11.9. The second-order valence-electron chi connectivity index (χ2n) is 5.35. The fraction of sp³-hybridized carbons (Fsp3) is 0.533. The average Bonchev–Trinajstić information content (AvgIpc) is 2.44. The molecule has 0 radical (unpaired) electrons. The molecule has 0 aromatic carbocycles. The quantitative estimate of drug-likeness (QED) is 0.703. The summed E-state index contributed by atoms with van der Waals surface area (Å²) in [5.74, 6) is -1.00. The third-order valence-electron chi connectivity index (χ3n) is 3.58. The minimum Gasteiger partial charge on any atom is -0.380 e. The molecule has 0 aromatic rings. The topological polar surface area (TPSA) is 78.5 Å². The van der Waals surface area contributed by atoms with E-state index in [1.165, 1.54) is 38.3 Å². The molecule has 0 bridgehead atoms. The SMILES string of the molecule is CC(=O)NC1=CC(=O)C(NCCN2CCCCC2)=CC1=O. The first-order valence-electron chi connectivity index (χ1n) is 7.32. The Morgan fingerprint density at radius 2 is 1.71 bits per heavy atom. The molecular weight excluding hydrogens is 270 g/mol. The van der Waals surface area contributed by atoms with Crippen molar-refractivity contribution in [2.24, 2.45) is 0 Å². The van der Waals surface area contributed by atoms with Gasteiger partial charge in [0.1, 0.15) is 0 Å². The van der Waals surface area contributed by atoms with Crippen LogP contribution in [0.25, 0.3) is 0 Å². The number of allylic oxidation sites excluding steroid dienone is 2. The van der Waals surface area contributed by atoms with Crippen LogP contribution in [0.4, 0.5) is 0 Å². The lowest BCUT2D eigenvalue weighted by Gasteiger charge is -2.26. The van der Waals surface area contributed by atoms with Gasteiger partial charge in [0.2, 0.25) is 17.5 Å². The van der Waals surface area contributed by atoms with Crippen molar-refractivity contribution in [1.82, 2.24) is 15.5 Å². The number of hydrogen-bond acceptors (Lipinski definition) is 5. The molecule has 0 spiro atoms. The molecule has 0 aromatic heterocycles. The molecule has 1 saturated heterocycles. The van der Waals surface area contributed by atoms with Gasteiger partial charge >= 0.3 is 0 Å². The number of amides is 1. The minimum atomic E-state index is -0.364. The molecule has 6 nitrogen and oxygen atoms in total. The summed E-state index contributed by atoms with van der Waals surface area (Å²) in [4.78, 5) is 37.0. The second kappa shape index (κ2) is 7.17. The molecule has 1 fully saturated rings. The van der Waals surface area contributed by atoms with E-state index in [2.05, 4.69) is 15.5 Å². The van der Waals surface area contributed by atoms with Crippen LogP contribution in [0.2, 0.25) is 0 Å². The summed E-state index contributed by atoms with van der Waals surface area (Å²) in [5, 5.41) is 5.38. The zero-order valence-corrected chi connectivity index (χ0v) is 12.3. The van der Waals surface area contributed by atoms with Crippen LogP contribution in [-0.4, -0.2) is 48.6 Å². The molecule has 1 heterocycles. The van der Waals surface area contributed by atoms with E-state index < -0.39 is 0 Å². The number of nitrogens with zero attached hydrogens (tertiary/aromatic N) is 1. The molecule has 6 heteroatoms. The Bertz CT molecular complexity index is 502. The lowest BCUT2D eigenvalue weighted by Crippen LogP contribution is -2.37. The van der Waals surface area contributed by atoms with E-state index in [0.29, 0.717) is 12.2 Å². The molecular formula is C15H21N3O3. The largest absolute Gasteiger partial charge is 0.380 e. The maximum Gasteiger partial charge on any atom is 0.221 e. The lowest BCUT2D eigenvalue weighted by molar-refractivity contribution is -0.120. The van der Waals surface area contributed by atoms with Crippen LogP contribution in [0.5, 0.6) is 0 Å². The molecule has 1 amide bonds. The Labute approximate surface area is 124 Å². The zero-order valence-electron chi connectivity index (χ0n) is 12.3. The Morgan fingerprint density at radius 3 is 2.38 bits per heavy atom. The van der Waals surface area contributed by atoms with E-state index >= 15 is 0 Å². The summed E-state index contributed by atoms with van der Waals surface area (Å²) < 4.78 is 0. The standard InChI is InChI=1S/C15H21N3O3/c1-11(19)17-13-10-14(20)12(9-15(13)21)16-5-8-18-6-3-2-4-7-18/h9-10,16H,2-8H2,1H3,(H,17,19). The van der Waals surface area contributed by atoms with E-state index in [9.17, 15) is 14.4 Å². The number of carbonyl (C=O) groups excluding carboxylic acids is 3. The highest BCUT2D eigenvalue weighted by molar-refractivity contribution is 6.20. The van der Waals surface area contributed by atoms with Gasteiger partial charge < -0.3 is 15.5 Å². The van der Waals surface area contributed by atoms with Crippen LogP contribution < -0.4 is 10.6 Å². The first kappa shape index (κ1) is 15.4. The van der Waals surface area contributed by atoms with Gasteiger partial charge in [0.05, 0.1) is 11.4 Å². The van der Waals surface area contributed by atoms with Gasteiger partial charge in [-0.3, -0.25) is 14.4 Å². The Balaban J connectivity index is 1.83. The number of likely N-dealkylation sites (tertiary alicyclic amines) is 1. The smallest absolute Gasteiger partial charge is 0.221 e. The van der Waals surface area contributed by atoms with Crippen LogP contribution >= 0.6 is 0 Å². The van der Waals surface area contributed by atoms with E-state index in [4.69, 9.17) is 0 Å². The van der Waals surface area contributed by atoms with Gasteiger partial charge in [-0.2, -0.15) is 0 Å². The summed E-state index contributed by atoms with van der Waals surface area (Å²) in [6.07, 6.45) is 6.17. The van der Waals surface area contributed by atoms with Gasteiger partial charge in [-0.1, -0.05) is 6.42 Å². The highest BCUT2D eigenvalue weighted by Crippen LogP contribution is 2.09. The van der Waals surface area contributed by atoms with E-state index in [0.717, 1.165) is 19.6 Å². The summed E-state index contributed by atoms with van der Waals surface area (Å²) >= 11 is 0. The van der Waals surface area contributed by atoms with Gasteiger partial charge in [0.25, 0.3) is 0 Å². The highest BCUT2D eigenvalue weighted by atomic mass is 16.2. The van der Waals surface area contributed by atoms with Gasteiger partial charge in [-0.15, -0.1) is 0 Å². The molecule has 1 aliphatic carbocycles. The first-order chi connectivity index (χ1) is 10.1. The molecule has 2 N–H and O–H groups in total. The molecule has 114 valence electrons. The van der Waals surface area contributed by atoms with Crippen molar-refractivity contribution in [1.29, 1.82) is 0 Å². The summed E-state index contributed by atoms with van der Waals surface area (Å²) in [5.41, 5.74) is 0.334. The predicted molar refractivity (Wildman–Crippen MR) is 78.3 cm³/mol. The molecule has 0 atom stereocenters. The number of hydrogen-bond donors (Lipinski definition) is 2. The van der Waals surface area contributed by atoms with Crippen LogP contribution in [0.1, 0.15) is 26.2 Å². The minimum absolute atomic E-state index is 0.0362. The van der Waals surface area contributed by atoms with Gasteiger partial charge in [-0.25, -0.2) is 0 Å². The van der Waals surface area contributed by atoms with Crippen LogP contribution in [0, 0.1) is 0 Å². The fourth-order valence-electron chi connectivity index (χ4n) is 2.52. The Kier molecular flexibility index (Phi) is 5.27. The van der Waals surface area contributed by atoms with Crippen LogP contribution in [-0.2, 0) is 14.4 Å². The van der Waals surface area contributed by atoms with Crippen molar-refractivity contribution >= 4 is 17.5 Å². The first-order valence-corrected chi connectivity index (χ1v) is 7.32. The number of carbonyl (C=O) groups is 3. The van der Waals surface area contributed by atoms with Crippen molar-refractivity contribution in [2.75, 3.05) is 26.2 Å². The van der Waals surface area contributed by atoms with Crippen molar-refractivity contribution in [3.05, 3.63) is 23.5 Å². The van der Waals surface area contributed by atoms with Crippen LogP contribution in [0.3, 0.4) is 0 Å². The van der Waals surface area contributed by atoms with Crippen molar-refractivity contribution in [3.63, 3.8) is 0 Å². The summed E-state index contributed by atoms with van der Waals surface area (Å²) in [6.45, 7) is 4.99. The van der Waals surface area contributed by atoms with Gasteiger partial charge in [-0.05, 0) is 25.9 Å². The maximum absolute atomic E-state index is 11.9. The predicted octanol–water partition coefficient (Wildman–Crippen LogP) is 0.118. The summed E-state index contributed by atoms with van der Waals surface area (Å²) in [7, 11) is 0. The number of nitrogens with one attached hydrogen (secondary N) is 2. The average molecular weight is 291 g/mol. The third kappa shape index (κ3) is 4.53. The lowest BCUT2D eigenvalue weighted by atomic mass is 10.1. The van der Waals surface area contributed by atoms with E-state index in [1.807, 2.05) is 0 Å². The molecule has 0 saturated carbocycles. The summed E-state index contributed by atoms with van der Waals surface area (Å²) in [6, 6.07) is 0. The number of ketones is 2. The van der Waals surface area contributed by atoms with Gasteiger partial charge in [0.15, 0.2) is 0 Å². The molecule has 1 aliphatic heterocycles. The monoisotopic (exact) mass is 291 g/mol. The molecule has 21 heavy (non-hydrogen) atoms. The van der Waals surface area contributed by atoms with Crippen molar-refractivity contribution in [2.45, 2.75) is 26.2 Å². The molecule has 2 aliphatic rings. The number of rotatable bonds is 5.